The Morgan fingerprint density at radius 1 is 1.11 bits per heavy atom. The zero-order chi connectivity index (χ0) is 19.9. The van der Waals surface area contributed by atoms with Crippen molar-refractivity contribution in [1.82, 2.24) is 25.0 Å². The number of rotatable bonds is 10. The minimum Gasteiger partial charge on any atom is -0.329 e. The van der Waals surface area contributed by atoms with E-state index in [9.17, 15) is 9.59 Å². The van der Waals surface area contributed by atoms with Gasteiger partial charge in [-0.25, -0.2) is 4.79 Å². The SMILES string of the molecule is CCCCCCn1c(SCCN2C(=O)CNC2=O)nnc1-c1ccc(Cl)cc1. The number of thioether (sulfide) groups is 1. The number of benzene rings is 1. The summed E-state index contributed by atoms with van der Waals surface area (Å²) in [5.74, 6) is 1.20. The molecule has 0 radical (unpaired) electrons. The van der Waals surface area contributed by atoms with Crippen LogP contribution < -0.4 is 5.32 Å². The molecule has 0 aliphatic carbocycles. The summed E-state index contributed by atoms with van der Waals surface area (Å²) in [6.45, 7) is 3.46. The molecule has 7 nitrogen and oxygen atoms in total. The van der Waals surface area contributed by atoms with Crippen molar-refractivity contribution >= 4 is 35.3 Å². The summed E-state index contributed by atoms with van der Waals surface area (Å²) in [6, 6.07) is 7.25. The van der Waals surface area contributed by atoms with Crippen molar-refractivity contribution in [3.8, 4) is 11.4 Å². The Morgan fingerprint density at radius 2 is 1.89 bits per heavy atom. The van der Waals surface area contributed by atoms with Gasteiger partial charge in [-0.15, -0.1) is 10.2 Å². The van der Waals surface area contributed by atoms with Crippen LogP contribution in [-0.4, -0.2) is 50.4 Å². The Morgan fingerprint density at radius 3 is 2.57 bits per heavy atom. The highest BCUT2D eigenvalue weighted by atomic mass is 35.5. The van der Waals surface area contributed by atoms with Crippen molar-refractivity contribution in [3.05, 3.63) is 29.3 Å². The lowest BCUT2D eigenvalue weighted by molar-refractivity contribution is -0.124. The standard InChI is InChI=1S/C19H24ClN5O2S/c1-2-3-4-5-10-25-17(14-6-8-15(20)9-7-14)22-23-19(25)28-12-11-24-16(26)13-21-18(24)27/h6-9H,2-5,10-13H2,1H3,(H,21,27). The van der Waals surface area contributed by atoms with Crippen LogP contribution in [0, 0.1) is 0 Å². The molecule has 1 aliphatic heterocycles. The second kappa shape index (κ2) is 9.93. The fourth-order valence-corrected chi connectivity index (χ4v) is 4.03. The molecule has 1 aromatic carbocycles. The van der Waals surface area contributed by atoms with Gasteiger partial charge in [-0.3, -0.25) is 9.69 Å². The molecule has 0 bridgehead atoms. The first-order chi connectivity index (χ1) is 13.6. The Kier molecular flexibility index (Phi) is 7.33. The molecule has 1 saturated heterocycles. The van der Waals surface area contributed by atoms with Crippen LogP contribution in [0.5, 0.6) is 0 Å². The summed E-state index contributed by atoms with van der Waals surface area (Å²) in [5.41, 5.74) is 0.966. The van der Waals surface area contributed by atoms with Gasteiger partial charge in [-0.2, -0.15) is 0 Å². The monoisotopic (exact) mass is 421 g/mol. The molecule has 0 atom stereocenters. The molecule has 2 aromatic rings. The second-order valence-electron chi connectivity index (χ2n) is 6.58. The van der Waals surface area contributed by atoms with Gasteiger partial charge in [0.15, 0.2) is 11.0 Å². The first-order valence-corrected chi connectivity index (χ1v) is 10.9. The van der Waals surface area contributed by atoms with Gasteiger partial charge in [-0.05, 0) is 30.7 Å². The molecule has 2 heterocycles. The third-order valence-corrected chi connectivity index (χ3v) is 5.74. The maximum atomic E-state index is 11.7. The number of hydrogen-bond donors (Lipinski definition) is 1. The topological polar surface area (TPSA) is 80.1 Å². The molecule has 3 amide bonds. The number of halogens is 1. The molecule has 0 unspecified atom stereocenters. The van der Waals surface area contributed by atoms with Crippen molar-refractivity contribution in [3.63, 3.8) is 0 Å². The van der Waals surface area contributed by atoms with E-state index in [0.717, 1.165) is 35.9 Å². The normalized spacial score (nSPS) is 14.0. The molecule has 0 spiro atoms. The summed E-state index contributed by atoms with van der Waals surface area (Å²) in [5, 5.41) is 12.8. The molecule has 1 aromatic heterocycles. The highest BCUT2D eigenvalue weighted by Gasteiger charge is 2.28. The molecule has 9 heteroatoms. The summed E-state index contributed by atoms with van der Waals surface area (Å²) in [6.07, 6.45) is 4.58. The van der Waals surface area contributed by atoms with Crippen LogP contribution in [0.15, 0.2) is 29.4 Å². The van der Waals surface area contributed by atoms with Gasteiger partial charge < -0.3 is 9.88 Å². The predicted molar refractivity (Wildman–Crippen MR) is 110 cm³/mol. The molecule has 0 saturated carbocycles. The minimum atomic E-state index is -0.325. The molecule has 1 aliphatic rings. The minimum absolute atomic E-state index is 0.0812. The zero-order valence-corrected chi connectivity index (χ0v) is 17.4. The second-order valence-corrected chi connectivity index (χ2v) is 8.08. The number of imide groups is 1. The van der Waals surface area contributed by atoms with Gasteiger partial charge in [0, 0.05) is 29.4 Å². The summed E-state index contributed by atoms with van der Waals surface area (Å²) in [4.78, 5) is 24.6. The average Bonchev–Trinajstić information content (AvgIpc) is 3.24. The number of carbonyl (C=O) groups is 2. The van der Waals surface area contributed by atoms with Crippen molar-refractivity contribution < 1.29 is 9.59 Å². The number of nitrogens with one attached hydrogen (secondary N) is 1. The lowest BCUT2D eigenvalue weighted by Gasteiger charge is -2.13. The van der Waals surface area contributed by atoms with Crippen LogP contribution in [-0.2, 0) is 11.3 Å². The number of aromatic nitrogens is 3. The van der Waals surface area contributed by atoms with E-state index in [1.165, 1.54) is 29.5 Å². The van der Waals surface area contributed by atoms with Crippen molar-refractivity contribution in [2.75, 3.05) is 18.8 Å². The summed E-state index contributed by atoms with van der Waals surface area (Å²) in [7, 11) is 0. The highest BCUT2D eigenvalue weighted by Crippen LogP contribution is 2.26. The largest absolute Gasteiger partial charge is 0.329 e. The number of nitrogens with zero attached hydrogens (tertiary/aromatic N) is 4. The smallest absolute Gasteiger partial charge is 0.324 e. The maximum Gasteiger partial charge on any atom is 0.324 e. The Labute approximate surface area is 173 Å². The van der Waals surface area contributed by atoms with Crippen LogP contribution in [0.2, 0.25) is 5.02 Å². The Hall–Kier alpha value is -2.06. The molecule has 1 fully saturated rings. The van der Waals surface area contributed by atoms with Crippen molar-refractivity contribution in [2.24, 2.45) is 0 Å². The van der Waals surface area contributed by atoms with E-state index >= 15 is 0 Å². The van der Waals surface area contributed by atoms with E-state index < -0.39 is 0 Å². The number of amides is 3. The lowest BCUT2D eigenvalue weighted by Crippen LogP contribution is -2.32. The predicted octanol–water partition coefficient (Wildman–Crippen LogP) is 3.82. The average molecular weight is 422 g/mol. The first-order valence-electron chi connectivity index (χ1n) is 9.50. The van der Waals surface area contributed by atoms with E-state index in [2.05, 4.69) is 27.0 Å². The Balaban J connectivity index is 1.70. The molecule has 28 heavy (non-hydrogen) atoms. The number of carbonyl (C=O) groups excluding carboxylic acids is 2. The highest BCUT2D eigenvalue weighted by molar-refractivity contribution is 7.99. The fraction of sp³-hybridized carbons (Fsp3) is 0.474. The van der Waals surface area contributed by atoms with Crippen LogP contribution in [0.25, 0.3) is 11.4 Å². The van der Waals surface area contributed by atoms with E-state index in [-0.39, 0.29) is 18.5 Å². The van der Waals surface area contributed by atoms with Crippen LogP contribution in [0.4, 0.5) is 4.79 Å². The first kappa shape index (κ1) is 20.7. The van der Waals surface area contributed by atoms with E-state index in [1.54, 1.807) is 0 Å². The third-order valence-electron chi connectivity index (χ3n) is 4.54. The van der Waals surface area contributed by atoms with Crippen molar-refractivity contribution in [2.45, 2.75) is 44.3 Å². The van der Waals surface area contributed by atoms with E-state index in [4.69, 9.17) is 11.6 Å². The quantitative estimate of drug-likeness (QED) is 0.358. The van der Waals surface area contributed by atoms with Gasteiger partial charge in [0.05, 0.1) is 6.54 Å². The zero-order valence-electron chi connectivity index (χ0n) is 15.9. The molecular weight excluding hydrogens is 398 g/mol. The van der Waals surface area contributed by atoms with Gasteiger partial charge in [0.1, 0.15) is 0 Å². The van der Waals surface area contributed by atoms with Crippen LogP contribution >= 0.6 is 23.4 Å². The van der Waals surface area contributed by atoms with E-state index in [0.29, 0.717) is 17.3 Å². The van der Waals surface area contributed by atoms with Crippen molar-refractivity contribution in [1.29, 1.82) is 0 Å². The van der Waals surface area contributed by atoms with E-state index in [1.807, 2.05) is 24.3 Å². The van der Waals surface area contributed by atoms with Gasteiger partial charge in [-0.1, -0.05) is 49.5 Å². The third kappa shape index (κ3) is 5.05. The molecular formula is C19H24ClN5O2S. The fourth-order valence-electron chi connectivity index (χ4n) is 3.02. The molecule has 1 N–H and O–H groups in total. The van der Waals surface area contributed by atoms with Crippen LogP contribution in [0.3, 0.4) is 0 Å². The van der Waals surface area contributed by atoms with Gasteiger partial charge in [0.2, 0.25) is 5.91 Å². The molecule has 3 rings (SSSR count). The van der Waals surface area contributed by atoms with Gasteiger partial charge in [0.25, 0.3) is 0 Å². The van der Waals surface area contributed by atoms with Crippen LogP contribution in [0.1, 0.15) is 32.6 Å². The number of unbranched alkanes of at least 4 members (excludes halogenated alkanes) is 3. The number of hydrogen-bond acceptors (Lipinski definition) is 5. The summed E-state index contributed by atoms with van der Waals surface area (Å²) < 4.78 is 2.12. The lowest BCUT2D eigenvalue weighted by atomic mass is 10.2. The number of urea groups is 1. The summed E-state index contributed by atoms with van der Waals surface area (Å²) >= 11 is 7.51. The Bertz CT molecular complexity index is 808. The maximum absolute atomic E-state index is 11.7. The van der Waals surface area contributed by atoms with Gasteiger partial charge >= 0.3 is 6.03 Å². The molecule has 150 valence electrons.